The average molecular weight is 420 g/mol. The quantitative estimate of drug-likeness (QED) is 0.211. The SMILES string of the molecule is O=C(OCCCCC#Cc1ccc2ncccc2c1)c1sc2ccccc2c1Cl. The topological polar surface area (TPSA) is 39.2 Å². The molecule has 4 rings (SSSR count). The molecule has 0 aliphatic heterocycles. The molecule has 2 aromatic heterocycles. The van der Waals surface area contributed by atoms with Gasteiger partial charge in [0.05, 0.1) is 17.1 Å². The minimum Gasteiger partial charge on any atom is -0.461 e. The van der Waals surface area contributed by atoms with Crippen LogP contribution in [0.15, 0.2) is 60.8 Å². The first kappa shape index (κ1) is 19.4. The Bertz CT molecular complexity index is 1240. The van der Waals surface area contributed by atoms with Gasteiger partial charge in [0.2, 0.25) is 0 Å². The summed E-state index contributed by atoms with van der Waals surface area (Å²) in [6, 6.07) is 17.7. The van der Waals surface area contributed by atoms with Gasteiger partial charge in [-0.05, 0) is 43.2 Å². The first-order chi connectivity index (χ1) is 14.2. The van der Waals surface area contributed by atoms with Crippen LogP contribution in [0.4, 0.5) is 0 Å². The van der Waals surface area contributed by atoms with Gasteiger partial charge < -0.3 is 4.74 Å². The summed E-state index contributed by atoms with van der Waals surface area (Å²) < 4.78 is 6.37. The summed E-state index contributed by atoms with van der Waals surface area (Å²) >= 11 is 7.68. The standard InChI is InChI=1S/C24H18ClNO2S/c25-22-19-10-4-5-11-21(19)29-23(22)24(27)28-15-6-2-1-3-8-17-12-13-20-18(16-17)9-7-14-26-20/h4-5,7,9-14,16H,1-2,6,15H2. The van der Waals surface area contributed by atoms with Crippen LogP contribution < -0.4 is 0 Å². The summed E-state index contributed by atoms with van der Waals surface area (Å²) in [4.78, 5) is 17.1. The fourth-order valence-electron chi connectivity index (χ4n) is 3.01. The largest absolute Gasteiger partial charge is 0.461 e. The zero-order valence-corrected chi connectivity index (χ0v) is 17.2. The van der Waals surface area contributed by atoms with Crippen LogP contribution >= 0.6 is 22.9 Å². The first-order valence-corrected chi connectivity index (χ1v) is 10.6. The summed E-state index contributed by atoms with van der Waals surface area (Å²) in [5.74, 6) is 6.01. The fraction of sp³-hybridized carbons (Fsp3) is 0.167. The normalized spacial score (nSPS) is 10.7. The second kappa shape index (κ2) is 9.09. The van der Waals surface area contributed by atoms with Gasteiger partial charge in [-0.2, -0.15) is 0 Å². The van der Waals surface area contributed by atoms with E-state index in [1.807, 2.05) is 54.6 Å². The number of benzene rings is 2. The zero-order valence-electron chi connectivity index (χ0n) is 15.7. The van der Waals surface area contributed by atoms with Crippen molar-refractivity contribution in [2.45, 2.75) is 19.3 Å². The van der Waals surface area contributed by atoms with Crippen molar-refractivity contribution in [1.29, 1.82) is 0 Å². The monoisotopic (exact) mass is 419 g/mol. The third kappa shape index (κ3) is 4.59. The van der Waals surface area contributed by atoms with E-state index in [1.54, 1.807) is 6.20 Å². The van der Waals surface area contributed by atoms with Crippen LogP contribution in [-0.4, -0.2) is 17.6 Å². The van der Waals surface area contributed by atoms with Gasteiger partial charge in [-0.15, -0.1) is 11.3 Å². The summed E-state index contributed by atoms with van der Waals surface area (Å²) in [5, 5.41) is 2.46. The van der Waals surface area contributed by atoms with Crippen LogP contribution in [-0.2, 0) is 4.74 Å². The molecule has 4 aromatic rings. The number of hydrogen-bond donors (Lipinski definition) is 0. The Morgan fingerprint density at radius 3 is 2.90 bits per heavy atom. The Hall–Kier alpha value is -2.87. The molecular formula is C24H18ClNO2S. The molecule has 144 valence electrons. The van der Waals surface area contributed by atoms with Crippen molar-refractivity contribution in [2.24, 2.45) is 0 Å². The highest BCUT2D eigenvalue weighted by molar-refractivity contribution is 7.21. The second-order valence-corrected chi connectivity index (χ2v) is 7.98. The van der Waals surface area contributed by atoms with E-state index in [4.69, 9.17) is 16.3 Å². The number of unbranched alkanes of at least 4 members (excludes halogenated alkanes) is 2. The van der Waals surface area contributed by atoms with E-state index in [2.05, 4.69) is 16.8 Å². The van der Waals surface area contributed by atoms with E-state index < -0.39 is 0 Å². The van der Waals surface area contributed by atoms with Gasteiger partial charge in [-0.3, -0.25) is 4.98 Å². The molecule has 0 amide bonds. The maximum Gasteiger partial charge on any atom is 0.349 e. The van der Waals surface area contributed by atoms with E-state index in [0.717, 1.165) is 45.8 Å². The average Bonchev–Trinajstić information content (AvgIpc) is 3.09. The van der Waals surface area contributed by atoms with Crippen molar-refractivity contribution < 1.29 is 9.53 Å². The van der Waals surface area contributed by atoms with E-state index in [9.17, 15) is 4.79 Å². The Balaban J connectivity index is 1.24. The van der Waals surface area contributed by atoms with Gasteiger partial charge in [0.1, 0.15) is 4.88 Å². The predicted molar refractivity (Wildman–Crippen MR) is 120 cm³/mol. The number of ether oxygens (including phenoxy) is 1. The van der Waals surface area contributed by atoms with Gasteiger partial charge in [0, 0.05) is 33.7 Å². The van der Waals surface area contributed by atoms with Gasteiger partial charge in [-0.1, -0.05) is 47.7 Å². The molecule has 0 N–H and O–H groups in total. The van der Waals surface area contributed by atoms with Crippen molar-refractivity contribution in [3.63, 3.8) is 0 Å². The molecule has 0 fully saturated rings. The number of thiophene rings is 1. The molecule has 0 saturated carbocycles. The number of esters is 1. The van der Waals surface area contributed by atoms with Crippen LogP contribution in [0, 0.1) is 11.8 Å². The molecule has 3 nitrogen and oxygen atoms in total. The lowest BCUT2D eigenvalue weighted by Gasteiger charge is -2.02. The highest BCUT2D eigenvalue weighted by Gasteiger charge is 2.17. The number of carbonyl (C=O) groups is 1. The molecule has 0 atom stereocenters. The summed E-state index contributed by atoms with van der Waals surface area (Å²) in [7, 11) is 0. The molecule has 2 heterocycles. The molecular weight excluding hydrogens is 402 g/mol. The molecule has 0 bridgehead atoms. The molecule has 0 radical (unpaired) electrons. The third-order valence-corrected chi connectivity index (χ3v) is 6.14. The van der Waals surface area contributed by atoms with Crippen molar-refractivity contribution in [1.82, 2.24) is 4.98 Å². The number of fused-ring (bicyclic) bond motifs is 2. The van der Waals surface area contributed by atoms with Crippen LogP contribution in [0.5, 0.6) is 0 Å². The Morgan fingerprint density at radius 2 is 2.00 bits per heavy atom. The lowest BCUT2D eigenvalue weighted by atomic mass is 10.1. The molecule has 0 unspecified atom stereocenters. The smallest absolute Gasteiger partial charge is 0.349 e. The van der Waals surface area contributed by atoms with Crippen molar-refractivity contribution in [2.75, 3.05) is 6.61 Å². The van der Waals surface area contributed by atoms with Gasteiger partial charge >= 0.3 is 5.97 Å². The maximum atomic E-state index is 12.3. The predicted octanol–water partition coefficient (Wildman–Crippen LogP) is 6.48. The number of hydrogen-bond acceptors (Lipinski definition) is 4. The molecule has 0 spiro atoms. The number of rotatable bonds is 5. The van der Waals surface area contributed by atoms with Crippen LogP contribution in [0.2, 0.25) is 5.02 Å². The van der Waals surface area contributed by atoms with E-state index in [0.29, 0.717) is 16.5 Å². The van der Waals surface area contributed by atoms with E-state index in [-0.39, 0.29) is 5.97 Å². The Morgan fingerprint density at radius 1 is 1.10 bits per heavy atom. The molecule has 5 heteroatoms. The molecule has 0 aliphatic carbocycles. The van der Waals surface area contributed by atoms with E-state index in [1.165, 1.54) is 11.3 Å². The van der Waals surface area contributed by atoms with Gasteiger partial charge in [0.25, 0.3) is 0 Å². The summed E-state index contributed by atoms with van der Waals surface area (Å²) in [6.45, 7) is 0.368. The van der Waals surface area contributed by atoms with Crippen molar-refractivity contribution in [3.8, 4) is 11.8 Å². The number of pyridine rings is 1. The lowest BCUT2D eigenvalue weighted by molar-refractivity contribution is 0.0505. The fourth-order valence-corrected chi connectivity index (χ4v) is 4.41. The van der Waals surface area contributed by atoms with E-state index >= 15 is 0 Å². The molecule has 0 saturated heterocycles. The first-order valence-electron chi connectivity index (χ1n) is 9.40. The number of aromatic nitrogens is 1. The number of nitrogens with zero attached hydrogens (tertiary/aromatic N) is 1. The van der Waals surface area contributed by atoms with Crippen LogP contribution in [0.3, 0.4) is 0 Å². The number of carbonyl (C=O) groups excluding carboxylic acids is 1. The number of halogens is 1. The van der Waals surface area contributed by atoms with Crippen LogP contribution in [0.25, 0.3) is 21.0 Å². The summed E-state index contributed by atoms with van der Waals surface area (Å²) in [5.41, 5.74) is 1.95. The maximum absolute atomic E-state index is 12.3. The van der Waals surface area contributed by atoms with Crippen LogP contribution in [0.1, 0.15) is 34.5 Å². The third-order valence-electron chi connectivity index (χ3n) is 4.49. The second-order valence-electron chi connectivity index (χ2n) is 6.55. The zero-order chi connectivity index (χ0) is 20.1. The Labute approximate surface area is 178 Å². The highest BCUT2D eigenvalue weighted by atomic mass is 35.5. The van der Waals surface area contributed by atoms with Gasteiger partial charge in [-0.25, -0.2) is 4.79 Å². The highest BCUT2D eigenvalue weighted by Crippen LogP contribution is 2.35. The van der Waals surface area contributed by atoms with Gasteiger partial charge in [0.15, 0.2) is 0 Å². The molecule has 29 heavy (non-hydrogen) atoms. The minimum atomic E-state index is -0.355. The molecule has 0 aliphatic rings. The lowest BCUT2D eigenvalue weighted by Crippen LogP contribution is -2.05. The van der Waals surface area contributed by atoms with Crippen molar-refractivity contribution in [3.05, 3.63) is 76.3 Å². The minimum absolute atomic E-state index is 0.355. The Kier molecular flexibility index (Phi) is 6.09. The van der Waals surface area contributed by atoms with Crippen molar-refractivity contribution >= 4 is 49.9 Å². The summed E-state index contributed by atoms with van der Waals surface area (Å²) in [6.07, 6.45) is 4.18. The molecule has 2 aromatic carbocycles.